The van der Waals surface area contributed by atoms with Crippen LogP contribution in [0.25, 0.3) is 0 Å². The first-order valence-corrected chi connectivity index (χ1v) is 7.15. The molecule has 0 bridgehead atoms. The van der Waals surface area contributed by atoms with Gasteiger partial charge in [-0.25, -0.2) is 0 Å². The zero-order chi connectivity index (χ0) is 15.3. The van der Waals surface area contributed by atoms with Gasteiger partial charge in [0.05, 0.1) is 11.1 Å². The summed E-state index contributed by atoms with van der Waals surface area (Å²) in [6, 6.07) is -0.420. The molecule has 0 aromatic rings. The maximum atomic E-state index is 12.6. The number of amides is 3. The van der Waals surface area contributed by atoms with E-state index in [1.54, 1.807) is 11.9 Å². The fraction of sp³-hybridized carbons (Fsp3) is 0.438. The van der Waals surface area contributed by atoms with Gasteiger partial charge in [0.2, 0.25) is 5.91 Å². The summed E-state index contributed by atoms with van der Waals surface area (Å²) in [5, 5.41) is 0. The second-order valence-electron chi connectivity index (χ2n) is 5.82. The molecule has 0 radical (unpaired) electrons. The molecular formula is C16H18N2O3. The van der Waals surface area contributed by atoms with Crippen LogP contribution >= 0.6 is 0 Å². The van der Waals surface area contributed by atoms with Crippen molar-refractivity contribution >= 4 is 17.7 Å². The van der Waals surface area contributed by atoms with E-state index < -0.39 is 17.9 Å². The number of fused-ring (bicyclic) bond motifs is 1. The largest absolute Gasteiger partial charge is 0.341 e. The molecule has 21 heavy (non-hydrogen) atoms. The summed E-state index contributed by atoms with van der Waals surface area (Å²) in [4.78, 5) is 40.2. The third kappa shape index (κ3) is 1.87. The van der Waals surface area contributed by atoms with Crippen LogP contribution in [0.2, 0.25) is 0 Å². The number of carbonyl (C=O) groups is 3. The molecule has 3 atom stereocenters. The topological polar surface area (TPSA) is 57.7 Å². The van der Waals surface area contributed by atoms with Crippen molar-refractivity contribution in [3.8, 4) is 0 Å². The number of hydrogen-bond acceptors (Lipinski definition) is 3. The fourth-order valence-corrected chi connectivity index (χ4v) is 3.41. The van der Waals surface area contributed by atoms with E-state index in [9.17, 15) is 14.4 Å². The van der Waals surface area contributed by atoms with Crippen molar-refractivity contribution in [1.82, 2.24) is 9.80 Å². The van der Waals surface area contributed by atoms with E-state index in [1.165, 1.54) is 12.2 Å². The average Bonchev–Trinajstić information content (AvgIpc) is 3.21. The van der Waals surface area contributed by atoms with Gasteiger partial charge < -0.3 is 4.90 Å². The van der Waals surface area contributed by atoms with Crippen molar-refractivity contribution in [3.63, 3.8) is 0 Å². The van der Waals surface area contributed by atoms with Gasteiger partial charge in [-0.1, -0.05) is 25.3 Å². The molecule has 1 aliphatic carbocycles. The molecule has 3 amide bonds. The Kier molecular flexibility index (Phi) is 3.08. The minimum atomic E-state index is -0.699. The van der Waals surface area contributed by atoms with E-state index in [2.05, 4.69) is 13.2 Å². The maximum Gasteiger partial charge on any atom is 0.262 e. The molecule has 2 fully saturated rings. The van der Waals surface area contributed by atoms with Crippen molar-refractivity contribution in [2.75, 3.05) is 7.05 Å². The van der Waals surface area contributed by atoms with Gasteiger partial charge in [0.15, 0.2) is 0 Å². The van der Waals surface area contributed by atoms with Crippen molar-refractivity contribution in [3.05, 3.63) is 36.5 Å². The van der Waals surface area contributed by atoms with Crippen LogP contribution in [0, 0.1) is 5.92 Å². The van der Waals surface area contributed by atoms with E-state index in [0.717, 1.165) is 17.7 Å². The van der Waals surface area contributed by atoms with Crippen LogP contribution in [0.5, 0.6) is 0 Å². The number of likely N-dealkylation sites (tertiary alicyclic amines) is 1. The Balaban J connectivity index is 1.92. The molecule has 1 saturated heterocycles. The number of nitrogens with zero attached hydrogens (tertiary/aromatic N) is 2. The minimum Gasteiger partial charge on any atom is -0.341 e. The van der Waals surface area contributed by atoms with Gasteiger partial charge in [0.25, 0.3) is 11.8 Å². The van der Waals surface area contributed by atoms with E-state index in [0.29, 0.717) is 12.3 Å². The Morgan fingerprint density at radius 2 is 1.62 bits per heavy atom. The van der Waals surface area contributed by atoms with Crippen LogP contribution in [-0.4, -0.2) is 46.7 Å². The van der Waals surface area contributed by atoms with Crippen LogP contribution in [-0.2, 0) is 14.4 Å². The van der Waals surface area contributed by atoms with Gasteiger partial charge in [-0.15, -0.1) is 0 Å². The van der Waals surface area contributed by atoms with Crippen molar-refractivity contribution in [2.45, 2.75) is 31.3 Å². The quantitative estimate of drug-likeness (QED) is 0.728. The van der Waals surface area contributed by atoms with Crippen molar-refractivity contribution < 1.29 is 14.4 Å². The molecule has 0 aromatic carbocycles. The lowest BCUT2D eigenvalue weighted by atomic mass is 10.1. The predicted octanol–water partition coefficient (Wildman–Crippen LogP) is 1.03. The number of rotatable bonds is 3. The summed E-state index contributed by atoms with van der Waals surface area (Å²) in [5.74, 6) is -0.502. The number of hydrogen-bond donors (Lipinski definition) is 0. The molecule has 2 heterocycles. The summed E-state index contributed by atoms with van der Waals surface area (Å²) in [7, 11) is 1.76. The monoisotopic (exact) mass is 286 g/mol. The van der Waals surface area contributed by atoms with E-state index in [4.69, 9.17) is 0 Å². The van der Waals surface area contributed by atoms with Crippen molar-refractivity contribution in [2.24, 2.45) is 5.92 Å². The summed E-state index contributed by atoms with van der Waals surface area (Å²) in [6.07, 6.45) is 5.16. The molecule has 2 unspecified atom stereocenters. The van der Waals surface area contributed by atoms with Gasteiger partial charge in [0, 0.05) is 13.1 Å². The summed E-state index contributed by atoms with van der Waals surface area (Å²) in [6.45, 7) is 7.15. The van der Waals surface area contributed by atoms with Crippen LogP contribution in [0.1, 0.15) is 19.3 Å². The van der Waals surface area contributed by atoms with Gasteiger partial charge >= 0.3 is 0 Å². The van der Waals surface area contributed by atoms with Crippen LogP contribution in [0.4, 0.5) is 0 Å². The molecule has 2 aliphatic heterocycles. The zero-order valence-electron chi connectivity index (χ0n) is 12.0. The first kappa shape index (κ1) is 13.8. The Labute approximate surface area is 123 Å². The molecule has 1 saturated carbocycles. The number of imide groups is 1. The van der Waals surface area contributed by atoms with Crippen LogP contribution in [0.15, 0.2) is 36.5 Å². The molecule has 0 spiro atoms. The lowest BCUT2D eigenvalue weighted by molar-refractivity contribution is -0.149. The lowest BCUT2D eigenvalue weighted by Crippen LogP contribution is -2.50. The summed E-state index contributed by atoms with van der Waals surface area (Å²) >= 11 is 0. The molecule has 5 nitrogen and oxygen atoms in total. The van der Waals surface area contributed by atoms with Gasteiger partial charge in [-0.3, -0.25) is 19.3 Å². The second-order valence-corrected chi connectivity index (χ2v) is 5.82. The minimum absolute atomic E-state index is 0.143. The van der Waals surface area contributed by atoms with Crippen molar-refractivity contribution in [1.29, 1.82) is 0 Å². The molecule has 0 N–H and O–H groups in total. The first-order valence-electron chi connectivity index (χ1n) is 7.15. The zero-order valence-corrected chi connectivity index (χ0v) is 12.0. The van der Waals surface area contributed by atoms with Crippen LogP contribution in [0.3, 0.4) is 0 Å². The molecule has 3 rings (SSSR count). The van der Waals surface area contributed by atoms with E-state index in [-0.39, 0.29) is 23.1 Å². The molecule has 110 valence electrons. The Morgan fingerprint density at radius 3 is 2.14 bits per heavy atom. The first-order chi connectivity index (χ1) is 10.0. The Morgan fingerprint density at radius 1 is 1.05 bits per heavy atom. The van der Waals surface area contributed by atoms with E-state index >= 15 is 0 Å². The smallest absolute Gasteiger partial charge is 0.262 e. The normalized spacial score (nSPS) is 32.2. The highest BCUT2D eigenvalue weighted by Gasteiger charge is 2.51. The highest BCUT2D eigenvalue weighted by Crippen LogP contribution is 2.43. The van der Waals surface area contributed by atoms with Gasteiger partial charge in [-0.05, 0) is 25.2 Å². The summed E-state index contributed by atoms with van der Waals surface area (Å²) in [5.41, 5.74) is 0.472. The lowest BCUT2D eigenvalue weighted by Gasteiger charge is -2.28. The Hall–Kier alpha value is -2.17. The Bertz CT molecular complexity index is 575. The average molecular weight is 286 g/mol. The molecular weight excluding hydrogens is 268 g/mol. The van der Waals surface area contributed by atoms with Crippen LogP contribution < -0.4 is 0 Å². The van der Waals surface area contributed by atoms with Gasteiger partial charge in [-0.2, -0.15) is 0 Å². The molecule has 0 aromatic heterocycles. The summed E-state index contributed by atoms with van der Waals surface area (Å²) < 4.78 is 0. The maximum absolute atomic E-state index is 12.6. The highest BCUT2D eigenvalue weighted by molar-refractivity contribution is 6.23. The highest BCUT2D eigenvalue weighted by atomic mass is 16.2. The molecule has 5 heteroatoms. The number of carbonyl (C=O) groups excluding carboxylic acids is 3. The number of likely N-dealkylation sites (N-methyl/N-ethyl adjacent to an activating group) is 1. The van der Waals surface area contributed by atoms with E-state index in [1.807, 2.05) is 0 Å². The SMILES string of the molecule is C=CC1=C(C=C)C(=O)N([C@H]2CCC3CC3N(C)C2=O)C1=O. The van der Waals surface area contributed by atoms with Gasteiger partial charge in [0.1, 0.15) is 6.04 Å². The third-order valence-corrected chi connectivity index (χ3v) is 4.73. The third-order valence-electron chi connectivity index (χ3n) is 4.73. The molecule has 3 aliphatic rings. The standard InChI is InChI=1S/C16H18N2O3/c1-4-10-11(5-2)15(20)18(14(10)19)12-7-6-9-8-13(9)17(3)16(12)21/h4-5,9,12-13H,1-2,6-8H2,3H3/t9?,12-,13?/m0/s1. The second kappa shape index (κ2) is 4.69. The predicted molar refractivity (Wildman–Crippen MR) is 77.0 cm³/mol. The fourth-order valence-electron chi connectivity index (χ4n) is 3.41.